The molecule has 0 saturated heterocycles. The number of hydrogen-bond donors (Lipinski definition) is 3. The lowest BCUT2D eigenvalue weighted by atomic mass is 10.1. The Morgan fingerprint density at radius 3 is 2.79 bits per heavy atom. The van der Waals surface area contributed by atoms with Crippen LogP contribution in [0.2, 0.25) is 5.02 Å². The fourth-order valence-electron chi connectivity index (χ4n) is 2.76. The van der Waals surface area contributed by atoms with Crippen molar-refractivity contribution < 1.29 is 9.50 Å². The predicted octanol–water partition coefficient (Wildman–Crippen LogP) is 3.46. The number of hydrogen-bond acceptors (Lipinski definition) is 5. The first-order valence-electron chi connectivity index (χ1n) is 8.68. The van der Waals surface area contributed by atoms with Crippen LogP contribution in [0.15, 0.2) is 42.5 Å². The highest BCUT2D eigenvalue weighted by atomic mass is 35.5. The second-order valence-electron chi connectivity index (χ2n) is 6.69. The van der Waals surface area contributed by atoms with Gasteiger partial charge in [-0.2, -0.15) is 4.98 Å². The average Bonchev–Trinajstić information content (AvgIpc) is 2.71. The molecular formula is C21H19ClFN5O. The summed E-state index contributed by atoms with van der Waals surface area (Å²) in [5, 5.41) is 26.7. The zero-order valence-electron chi connectivity index (χ0n) is 15.9. The van der Waals surface area contributed by atoms with Crippen LogP contribution in [0.4, 0.5) is 15.9 Å². The number of rotatable bonds is 4. The maximum atomic E-state index is 12.8. The molecule has 1 aromatic heterocycles. The molecule has 0 aliphatic heterocycles. The van der Waals surface area contributed by atoms with Crippen molar-refractivity contribution >= 4 is 40.3 Å². The topological polar surface area (TPSA) is 89.0 Å². The zero-order chi connectivity index (χ0) is 21.2. The minimum Gasteiger partial charge on any atom is -0.375 e. The summed E-state index contributed by atoms with van der Waals surface area (Å²) in [5.41, 5.74) is 0.133. The third kappa shape index (κ3) is 4.29. The molecule has 2 aromatic carbocycles. The van der Waals surface area contributed by atoms with E-state index in [1.165, 1.54) is 11.5 Å². The molecule has 29 heavy (non-hydrogen) atoms. The largest absolute Gasteiger partial charge is 0.375 e. The Labute approximate surface area is 172 Å². The van der Waals surface area contributed by atoms with E-state index in [1.54, 1.807) is 48.3 Å². The van der Waals surface area contributed by atoms with E-state index < -0.39 is 12.3 Å². The van der Waals surface area contributed by atoms with Gasteiger partial charge in [-0.15, -0.1) is 0 Å². The van der Waals surface area contributed by atoms with Crippen LogP contribution >= 0.6 is 11.6 Å². The number of nitrogens with one attached hydrogen (secondary N) is 2. The quantitative estimate of drug-likeness (QED) is 0.349. The minimum absolute atomic E-state index is 0.105. The summed E-state index contributed by atoms with van der Waals surface area (Å²) in [5.74, 6) is 5.81. The van der Waals surface area contributed by atoms with Crippen LogP contribution in [0.5, 0.6) is 0 Å². The van der Waals surface area contributed by atoms with Crippen molar-refractivity contribution in [1.82, 2.24) is 9.55 Å². The summed E-state index contributed by atoms with van der Waals surface area (Å²) < 4.78 is 14.1. The lowest BCUT2D eigenvalue weighted by Gasteiger charge is -2.21. The van der Waals surface area contributed by atoms with E-state index in [1.807, 2.05) is 6.07 Å². The molecular weight excluding hydrogens is 393 g/mol. The predicted molar refractivity (Wildman–Crippen MR) is 113 cm³/mol. The van der Waals surface area contributed by atoms with Gasteiger partial charge in [-0.3, -0.25) is 15.4 Å². The van der Waals surface area contributed by atoms with Crippen LogP contribution in [0.25, 0.3) is 10.9 Å². The molecule has 1 atom stereocenters. The van der Waals surface area contributed by atoms with Gasteiger partial charge in [0.1, 0.15) is 12.5 Å². The summed E-state index contributed by atoms with van der Waals surface area (Å²) in [7, 11) is 1.80. The van der Waals surface area contributed by atoms with Crippen LogP contribution < -0.4 is 10.5 Å². The molecule has 0 saturated carbocycles. The molecule has 0 aliphatic rings. The highest BCUT2D eigenvalue weighted by molar-refractivity contribution is 6.31. The highest BCUT2D eigenvalue weighted by Crippen LogP contribution is 2.29. The van der Waals surface area contributed by atoms with Crippen molar-refractivity contribution in [3.8, 4) is 11.8 Å². The highest BCUT2D eigenvalue weighted by Gasteiger charge is 2.16. The summed E-state index contributed by atoms with van der Waals surface area (Å²) >= 11 is 6.11. The number of aromatic nitrogens is 2. The normalized spacial score (nSPS) is 12.7. The Hall–Kier alpha value is -3.21. The molecule has 0 fully saturated rings. The molecule has 8 heteroatoms. The Kier molecular flexibility index (Phi) is 5.69. The maximum absolute atomic E-state index is 12.8. The average molecular weight is 412 g/mol. The van der Waals surface area contributed by atoms with Gasteiger partial charge in [-0.1, -0.05) is 29.5 Å². The van der Waals surface area contributed by atoms with E-state index in [0.717, 1.165) is 12.0 Å². The number of alkyl halides is 1. The summed E-state index contributed by atoms with van der Waals surface area (Å²) in [6, 6.07) is 12.4. The Morgan fingerprint density at radius 2 is 2.10 bits per heavy atom. The number of nitrogens with zero attached hydrogens (tertiary/aromatic N) is 3. The first kappa shape index (κ1) is 20.5. The van der Waals surface area contributed by atoms with Gasteiger partial charge in [-0.25, -0.2) is 4.39 Å². The lowest BCUT2D eigenvalue weighted by molar-refractivity contribution is 0.0905. The molecule has 0 amide bonds. The molecule has 1 heterocycles. The molecule has 0 bridgehead atoms. The molecule has 0 spiro atoms. The van der Waals surface area contributed by atoms with E-state index in [4.69, 9.17) is 22.4 Å². The third-order valence-corrected chi connectivity index (χ3v) is 4.55. The summed E-state index contributed by atoms with van der Waals surface area (Å²) in [4.78, 5) is 6.13. The minimum atomic E-state index is -1.70. The smallest absolute Gasteiger partial charge is 0.229 e. The van der Waals surface area contributed by atoms with Gasteiger partial charge >= 0.3 is 0 Å². The first-order chi connectivity index (χ1) is 13.8. The van der Waals surface area contributed by atoms with Crippen molar-refractivity contribution in [3.63, 3.8) is 0 Å². The van der Waals surface area contributed by atoms with Gasteiger partial charge in [0, 0.05) is 28.7 Å². The van der Waals surface area contributed by atoms with E-state index in [-0.39, 0.29) is 5.62 Å². The second-order valence-corrected chi connectivity index (χ2v) is 7.12. The van der Waals surface area contributed by atoms with Crippen LogP contribution in [-0.4, -0.2) is 40.3 Å². The molecule has 6 nitrogen and oxygen atoms in total. The Morgan fingerprint density at radius 1 is 1.34 bits per heavy atom. The monoisotopic (exact) mass is 411 g/mol. The van der Waals surface area contributed by atoms with E-state index in [0.29, 0.717) is 27.3 Å². The van der Waals surface area contributed by atoms with Crippen molar-refractivity contribution in [2.24, 2.45) is 0 Å². The van der Waals surface area contributed by atoms with Crippen molar-refractivity contribution in [2.45, 2.75) is 12.5 Å². The SMILES string of the molecule is CN(c1cccc(C#C[C@@](C)(O)CF)c1)c1nc(=N)n(C=N)c2cc(Cl)ccc12. The number of halogens is 2. The van der Waals surface area contributed by atoms with Crippen molar-refractivity contribution in [3.05, 3.63) is 58.7 Å². The standard InChI is InChI=1S/C21H19ClFN5O/c1-21(29,12-23)9-8-14-4-3-5-16(10-14)27(2)19-17-7-6-15(22)11-18(17)28(13-24)20(25)26-19/h3-7,10-11,13,24-25,29H,12H2,1-2H3/t21-/m1/s1. The van der Waals surface area contributed by atoms with Crippen LogP contribution in [-0.2, 0) is 0 Å². The number of anilines is 2. The zero-order valence-corrected chi connectivity index (χ0v) is 16.6. The number of fused-ring (bicyclic) bond motifs is 1. The fourth-order valence-corrected chi connectivity index (χ4v) is 2.93. The molecule has 3 aromatic rings. The molecule has 3 N–H and O–H groups in total. The first-order valence-corrected chi connectivity index (χ1v) is 9.06. The Bertz CT molecular complexity index is 1210. The third-order valence-electron chi connectivity index (χ3n) is 4.32. The molecule has 0 unspecified atom stereocenters. The van der Waals surface area contributed by atoms with E-state index in [9.17, 15) is 9.50 Å². The van der Waals surface area contributed by atoms with Gasteiger partial charge in [0.2, 0.25) is 5.62 Å². The fraction of sp³-hybridized carbons (Fsp3) is 0.190. The van der Waals surface area contributed by atoms with Gasteiger partial charge in [-0.05, 0) is 43.3 Å². The summed E-state index contributed by atoms with van der Waals surface area (Å²) in [6.45, 7) is 0.358. The van der Waals surface area contributed by atoms with E-state index in [2.05, 4.69) is 16.8 Å². The van der Waals surface area contributed by atoms with Gasteiger partial charge in [0.25, 0.3) is 0 Å². The number of benzene rings is 2. The lowest BCUT2D eigenvalue weighted by Crippen LogP contribution is -2.26. The van der Waals surface area contributed by atoms with Crippen molar-refractivity contribution in [1.29, 1.82) is 10.8 Å². The van der Waals surface area contributed by atoms with Crippen molar-refractivity contribution in [2.75, 3.05) is 18.6 Å². The molecule has 0 aliphatic carbocycles. The van der Waals surface area contributed by atoms with Gasteiger partial charge < -0.3 is 10.0 Å². The van der Waals surface area contributed by atoms with Crippen LogP contribution in [0.3, 0.4) is 0 Å². The van der Waals surface area contributed by atoms with Crippen LogP contribution in [0.1, 0.15) is 12.5 Å². The molecule has 0 radical (unpaired) electrons. The maximum Gasteiger partial charge on any atom is 0.229 e. The second kappa shape index (κ2) is 8.03. The molecule has 148 valence electrons. The number of aliphatic hydroxyl groups is 1. The van der Waals surface area contributed by atoms with E-state index >= 15 is 0 Å². The molecule has 3 rings (SSSR count). The summed E-state index contributed by atoms with van der Waals surface area (Å²) in [6.07, 6.45) is 1.02. The van der Waals surface area contributed by atoms with Crippen LogP contribution in [0, 0.1) is 22.7 Å². The van der Waals surface area contributed by atoms with Gasteiger partial charge in [0.15, 0.2) is 5.60 Å². The Balaban J connectivity index is 2.11. The van der Waals surface area contributed by atoms with Gasteiger partial charge in [0.05, 0.1) is 11.9 Å².